The van der Waals surface area contributed by atoms with Gasteiger partial charge in [-0.2, -0.15) is 0 Å². The molecule has 0 saturated carbocycles. The maximum absolute atomic E-state index is 13.2. The molecular formula is C20H19NO3S. The van der Waals surface area contributed by atoms with Crippen LogP contribution in [0.4, 0.5) is 5.69 Å². The van der Waals surface area contributed by atoms with E-state index in [0.29, 0.717) is 23.8 Å². The summed E-state index contributed by atoms with van der Waals surface area (Å²) in [4.78, 5) is 28.3. The van der Waals surface area contributed by atoms with Crippen molar-refractivity contribution >= 4 is 29.3 Å². The third-order valence-electron chi connectivity index (χ3n) is 4.68. The molecule has 0 fully saturated rings. The third kappa shape index (κ3) is 3.04. The number of cyclic esters (lactones) is 1. The van der Waals surface area contributed by atoms with Crippen LogP contribution in [0.5, 0.6) is 0 Å². The summed E-state index contributed by atoms with van der Waals surface area (Å²) in [6.07, 6.45) is 0.582. The van der Waals surface area contributed by atoms with Gasteiger partial charge in [0.15, 0.2) is 6.10 Å². The van der Waals surface area contributed by atoms with Crippen LogP contribution in [0.2, 0.25) is 0 Å². The van der Waals surface area contributed by atoms with Crippen LogP contribution >= 0.6 is 11.8 Å². The van der Waals surface area contributed by atoms with Crippen LogP contribution in [0.3, 0.4) is 0 Å². The number of benzene rings is 2. The van der Waals surface area contributed by atoms with Gasteiger partial charge in [-0.1, -0.05) is 37.3 Å². The van der Waals surface area contributed by atoms with Crippen LogP contribution in [0.15, 0.2) is 53.4 Å². The van der Waals surface area contributed by atoms with Crippen molar-refractivity contribution in [1.29, 1.82) is 0 Å². The van der Waals surface area contributed by atoms with Gasteiger partial charge in [0.25, 0.3) is 5.91 Å². The fourth-order valence-electron chi connectivity index (χ4n) is 3.36. The molecule has 2 aliphatic rings. The molecule has 0 aromatic heterocycles. The Balaban J connectivity index is 1.64. The molecule has 128 valence electrons. The van der Waals surface area contributed by atoms with Gasteiger partial charge in [-0.25, -0.2) is 4.79 Å². The van der Waals surface area contributed by atoms with E-state index in [2.05, 4.69) is 6.92 Å². The summed E-state index contributed by atoms with van der Waals surface area (Å²) in [7, 11) is 0. The van der Waals surface area contributed by atoms with Crippen molar-refractivity contribution in [3.8, 4) is 0 Å². The SMILES string of the molecule is CC1CCN(C(=O)C2Cc3ccccc3C(=O)O2)c2ccccc2S1. The number of ether oxygens (including phenoxy) is 1. The number of para-hydroxylation sites is 1. The highest BCUT2D eigenvalue weighted by atomic mass is 32.2. The van der Waals surface area contributed by atoms with Crippen molar-refractivity contribution in [1.82, 2.24) is 0 Å². The second-order valence-corrected chi connectivity index (χ2v) is 7.91. The van der Waals surface area contributed by atoms with Crippen molar-refractivity contribution < 1.29 is 14.3 Å². The van der Waals surface area contributed by atoms with E-state index in [4.69, 9.17) is 4.74 Å². The van der Waals surface area contributed by atoms with Gasteiger partial charge in [0.05, 0.1) is 11.3 Å². The fraction of sp³-hybridized carbons (Fsp3) is 0.300. The summed E-state index contributed by atoms with van der Waals surface area (Å²) in [5.74, 6) is -0.545. The highest BCUT2D eigenvalue weighted by molar-refractivity contribution is 8.00. The van der Waals surface area contributed by atoms with Gasteiger partial charge in [-0.15, -0.1) is 11.8 Å². The van der Waals surface area contributed by atoms with Crippen LogP contribution < -0.4 is 4.90 Å². The first-order chi connectivity index (χ1) is 12.1. The Bertz CT molecular complexity index is 835. The number of rotatable bonds is 1. The molecule has 2 unspecified atom stereocenters. The van der Waals surface area contributed by atoms with Crippen LogP contribution in [0.25, 0.3) is 0 Å². The number of amides is 1. The lowest BCUT2D eigenvalue weighted by atomic mass is 9.98. The molecule has 0 saturated heterocycles. The highest BCUT2D eigenvalue weighted by Crippen LogP contribution is 2.38. The largest absolute Gasteiger partial charge is 0.448 e. The quantitative estimate of drug-likeness (QED) is 0.734. The lowest BCUT2D eigenvalue weighted by Crippen LogP contribution is -2.45. The maximum Gasteiger partial charge on any atom is 0.339 e. The molecule has 5 heteroatoms. The number of anilines is 1. The standard InChI is InChI=1S/C20H19NO3S/c1-13-10-11-21(16-8-4-5-9-18(16)25-13)19(22)17-12-14-6-2-3-7-15(14)20(23)24-17/h2-9,13,17H,10-12H2,1H3. The van der Waals surface area contributed by atoms with Crippen molar-refractivity contribution in [3.05, 3.63) is 59.7 Å². The zero-order valence-corrected chi connectivity index (χ0v) is 14.8. The summed E-state index contributed by atoms with van der Waals surface area (Å²) in [6, 6.07) is 15.3. The average Bonchev–Trinajstić information content (AvgIpc) is 2.79. The zero-order valence-electron chi connectivity index (χ0n) is 14.0. The first kappa shape index (κ1) is 16.2. The molecule has 2 aromatic carbocycles. The van der Waals surface area contributed by atoms with E-state index in [1.165, 1.54) is 0 Å². The van der Waals surface area contributed by atoms with E-state index in [1.54, 1.807) is 22.7 Å². The van der Waals surface area contributed by atoms with Crippen LogP contribution in [0, 0.1) is 0 Å². The molecule has 0 aliphatic carbocycles. The average molecular weight is 353 g/mol. The highest BCUT2D eigenvalue weighted by Gasteiger charge is 2.35. The number of carbonyl (C=O) groups excluding carboxylic acids is 2. The van der Waals surface area contributed by atoms with Crippen molar-refractivity contribution in [2.75, 3.05) is 11.4 Å². The minimum Gasteiger partial charge on any atom is -0.448 e. The van der Waals surface area contributed by atoms with E-state index in [1.807, 2.05) is 42.5 Å². The minimum absolute atomic E-state index is 0.134. The third-order valence-corrected chi connectivity index (χ3v) is 5.91. The molecule has 1 amide bonds. The number of nitrogens with zero attached hydrogens (tertiary/aromatic N) is 1. The molecule has 4 rings (SSSR count). The van der Waals surface area contributed by atoms with Gasteiger partial charge in [0.1, 0.15) is 0 Å². The molecule has 2 aromatic rings. The van der Waals surface area contributed by atoms with Gasteiger partial charge in [-0.3, -0.25) is 4.79 Å². The van der Waals surface area contributed by atoms with Gasteiger partial charge < -0.3 is 9.64 Å². The van der Waals surface area contributed by atoms with Crippen molar-refractivity contribution in [2.45, 2.75) is 36.0 Å². The summed E-state index contributed by atoms with van der Waals surface area (Å²) in [5.41, 5.74) is 2.35. The molecule has 0 bridgehead atoms. The van der Waals surface area contributed by atoms with Gasteiger partial charge in [0, 0.05) is 23.1 Å². The monoisotopic (exact) mass is 353 g/mol. The second-order valence-electron chi connectivity index (χ2n) is 6.43. The van der Waals surface area contributed by atoms with Gasteiger partial charge >= 0.3 is 5.97 Å². The second kappa shape index (κ2) is 6.56. The Hall–Kier alpha value is -2.27. The Morgan fingerprint density at radius 3 is 2.80 bits per heavy atom. The Kier molecular flexibility index (Phi) is 4.25. The van der Waals surface area contributed by atoms with E-state index in [9.17, 15) is 9.59 Å². The van der Waals surface area contributed by atoms with Gasteiger partial charge in [0.2, 0.25) is 0 Å². The van der Waals surface area contributed by atoms with E-state index in [-0.39, 0.29) is 5.91 Å². The number of carbonyl (C=O) groups is 2. The molecule has 2 atom stereocenters. The number of hydrogen-bond acceptors (Lipinski definition) is 4. The number of hydrogen-bond donors (Lipinski definition) is 0. The zero-order chi connectivity index (χ0) is 17.4. The Morgan fingerprint density at radius 2 is 1.92 bits per heavy atom. The number of thioether (sulfide) groups is 1. The summed E-state index contributed by atoms with van der Waals surface area (Å²) in [5, 5.41) is 0.439. The van der Waals surface area contributed by atoms with Crippen molar-refractivity contribution in [3.63, 3.8) is 0 Å². The number of fused-ring (bicyclic) bond motifs is 2. The first-order valence-electron chi connectivity index (χ1n) is 8.49. The molecule has 0 N–H and O–H groups in total. The Labute approximate surface area is 151 Å². The maximum atomic E-state index is 13.2. The van der Waals surface area contributed by atoms with E-state index >= 15 is 0 Å². The first-order valence-corrected chi connectivity index (χ1v) is 9.37. The molecule has 4 nitrogen and oxygen atoms in total. The summed E-state index contributed by atoms with van der Waals surface area (Å²) in [6.45, 7) is 2.81. The molecule has 25 heavy (non-hydrogen) atoms. The summed E-state index contributed by atoms with van der Waals surface area (Å²) >= 11 is 1.79. The smallest absolute Gasteiger partial charge is 0.339 e. The predicted octanol–water partition coefficient (Wildman–Crippen LogP) is 3.69. The van der Waals surface area contributed by atoms with Crippen LogP contribution in [-0.2, 0) is 16.0 Å². The molecule has 2 aliphatic heterocycles. The fourth-order valence-corrected chi connectivity index (χ4v) is 4.47. The van der Waals surface area contributed by atoms with Gasteiger partial charge in [-0.05, 0) is 30.2 Å². The van der Waals surface area contributed by atoms with Crippen LogP contribution in [0.1, 0.15) is 29.3 Å². The Morgan fingerprint density at radius 1 is 1.16 bits per heavy atom. The van der Waals surface area contributed by atoms with E-state index in [0.717, 1.165) is 22.6 Å². The van der Waals surface area contributed by atoms with Crippen molar-refractivity contribution in [2.24, 2.45) is 0 Å². The lowest BCUT2D eigenvalue weighted by Gasteiger charge is -2.30. The predicted molar refractivity (Wildman–Crippen MR) is 98.1 cm³/mol. The van der Waals surface area contributed by atoms with E-state index < -0.39 is 12.1 Å². The number of esters is 1. The minimum atomic E-state index is -0.756. The molecule has 2 heterocycles. The van der Waals surface area contributed by atoms with Crippen LogP contribution in [-0.4, -0.2) is 29.8 Å². The normalized spacial score (nSPS) is 22.4. The lowest BCUT2D eigenvalue weighted by molar-refractivity contribution is -0.127. The molecule has 0 spiro atoms. The summed E-state index contributed by atoms with van der Waals surface area (Å²) < 4.78 is 5.47. The topological polar surface area (TPSA) is 46.6 Å². The molecule has 0 radical (unpaired) electrons. The molecular weight excluding hydrogens is 334 g/mol.